The van der Waals surface area contributed by atoms with Crippen LogP contribution < -0.4 is 5.32 Å². The Morgan fingerprint density at radius 2 is 2.10 bits per heavy atom. The van der Waals surface area contributed by atoms with Gasteiger partial charge in [-0.2, -0.15) is 0 Å². The van der Waals surface area contributed by atoms with Crippen LogP contribution in [0.2, 0.25) is 0 Å². The molecule has 120 valence electrons. The van der Waals surface area contributed by atoms with E-state index in [1.165, 1.54) is 16.8 Å². The number of urea groups is 1. The second-order valence-corrected chi connectivity index (χ2v) is 5.46. The summed E-state index contributed by atoms with van der Waals surface area (Å²) in [4.78, 5) is 37.5. The molecule has 1 saturated heterocycles. The van der Waals surface area contributed by atoms with Gasteiger partial charge in [0.25, 0.3) is 0 Å². The maximum atomic E-state index is 12.2. The van der Waals surface area contributed by atoms with Crippen molar-refractivity contribution in [3.8, 4) is 0 Å². The van der Waals surface area contributed by atoms with E-state index in [2.05, 4.69) is 5.32 Å². The van der Waals surface area contributed by atoms with Crippen molar-refractivity contribution in [2.24, 2.45) is 5.92 Å². The topological polar surface area (TPSA) is 99.2 Å². The number of nitrogens with one attached hydrogen (secondary N) is 1. The molecule has 1 fully saturated rings. The average molecular weight is 301 g/mol. The van der Waals surface area contributed by atoms with E-state index < -0.39 is 18.0 Å². The summed E-state index contributed by atoms with van der Waals surface area (Å²) in [5.41, 5.74) is 0. The second kappa shape index (κ2) is 7.82. The zero-order valence-electron chi connectivity index (χ0n) is 12.7. The zero-order chi connectivity index (χ0) is 16.0. The maximum absolute atomic E-state index is 12.2. The van der Waals surface area contributed by atoms with Crippen molar-refractivity contribution in [1.82, 2.24) is 15.1 Å². The molecule has 0 aromatic rings. The molecule has 2 N–H and O–H groups in total. The normalized spacial score (nSPS) is 18.5. The van der Waals surface area contributed by atoms with Gasteiger partial charge in [-0.1, -0.05) is 13.8 Å². The van der Waals surface area contributed by atoms with Crippen LogP contribution >= 0.6 is 0 Å². The summed E-state index contributed by atoms with van der Waals surface area (Å²) in [6, 6.07) is -1.49. The molecule has 8 heteroatoms. The van der Waals surface area contributed by atoms with Gasteiger partial charge in [-0.15, -0.1) is 0 Å². The molecule has 0 spiro atoms. The molecule has 0 aromatic heterocycles. The number of amides is 3. The molecule has 0 aromatic carbocycles. The van der Waals surface area contributed by atoms with Crippen molar-refractivity contribution < 1.29 is 24.2 Å². The van der Waals surface area contributed by atoms with Crippen molar-refractivity contribution in [3.05, 3.63) is 0 Å². The van der Waals surface area contributed by atoms with Crippen LogP contribution in [-0.4, -0.2) is 78.8 Å². The lowest BCUT2D eigenvalue weighted by atomic mass is 10.2. The second-order valence-electron chi connectivity index (χ2n) is 5.46. The standard InChI is InChI=1S/C13H23N3O5/c1-9(2)6-14-11(17)7-15(3)13(20)16-4-5-21-8-10(16)12(18)19/h9-10H,4-8H2,1-3H3,(H,14,17)(H,18,19). The fourth-order valence-electron chi connectivity index (χ4n) is 1.91. The lowest BCUT2D eigenvalue weighted by Crippen LogP contribution is -2.56. The minimum atomic E-state index is -1.11. The van der Waals surface area contributed by atoms with Crippen LogP contribution in [-0.2, 0) is 14.3 Å². The molecule has 0 saturated carbocycles. The highest BCUT2D eigenvalue weighted by atomic mass is 16.5. The lowest BCUT2D eigenvalue weighted by molar-refractivity contribution is -0.147. The fraction of sp³-hybridized carbons (Fsp3) is 0.769. The van der Waals surface area contributed by atoms with E-state index in [0.717, 1.165) is 0 Å². The third kappa shape index (κ3) is 5.22. The minimum absolute atomic E-state index is 0.0333. The van der Waals surface area contributed by atoms with Gasteiger partial charge in [0, 0.05) is 20.1 Å². The first-order chi connectivity index (χ1) is 9.82. The van der Waals surface area contributed by atoms with Gasteiger partial charge in [-0.3, -0.25) is 4.79 Å². The minimum Gasteiger partial charge on any atom is -0.480 e. The van der Waals surface area contributed by atoms with E-state index in [-0.39, 0.29) is 25.6 Å². The Morgan fingerprint density at radius 1 is 1.43 bits per heavy atom. The van der Waals surface area contributed by atoms with Crippen LogP contribution in [0.15, 0.2) is 0 Å². The van der Waals surface area contributed by atoms with Gasteiger partial charge < -0.3 is 25.0 Å². The Balaban J connectivity index is 2.55. The zero-order valence-corrected chi connectivity index (χ0v) is 12.7. The number of hydrogen-bond donors (Lipinski definition) is 2. The lowest BCUT2D eigenvalue weighted by Gasteiger charge is -2.35. The summed E-state index contributed by atoms with van der Waals surface area (Å²) in [7, 11) is 1.48. The quantitative estimate of drug-likeness (QED) is 0.719. The third-order valence-electron chi connectivity index (χ3n) is 3.07. The molecule has 1 atom stereocenters. The molecular formula is C13H23N3O5. The van der Waals surface area contributed by atoms with Crippen LogP contribution in [0.25, 0.3) is 0 Å². The number of hydrogen-bond acceptors (Lipinski definition) is 4. The van der Waals surface area contributed by atoms with Crippen molar-refractivity contribution in [2.45, 2.75) is 19.9 Å². The molecule has 8 nitrogen and oxygen atoms in total. The molecule has 1 heterocycles. The van der Waals surface area contributed by atoms with Crippen LogP contribution in [0.5, 0.6) is 0 Å². The van der Waals surface area contributed by atoms with Gasteiger partial charge in [0.05, 0.1) is 13.2 Å². The summed E-state index contributed by atoms with van der Waals surface area (Å²) in [5.74, 6) is -1.05. The van der Waals surface area contributed by atoms with Crippen molar-refractivity contribution in [2.75, 3.05) is 39.9 Å². The first-order valence-corrected chi connectivity index (χ1v) is 6.92. The molecular weight excluding hydrogens is 278 g/mol. The van der Waals surface area contributed by atoms with Gasteiger partial charge in [0.1, 0.15) is 6.54 Å². The third-order valence-corrected chi connectivity index (χ3v) is 3.07. The first-order valence-electron chi connectivity index (χ1n) is 6.92. The van der Waals surface area contributed by atoms with Crippen molar-refractivity contribution in [1.29, 1.82) is 0 Å². The molecule has 21 heavy (non-hydrogen) atoms. The molecule has 1 rings (SSSR count). The Labute approximate surface area is 124 Å². The van der Waals surface area contributed by atoms with E-state index in [9.17, 15) is 14.4 Å². The number of carbonyl (C=O) groups excluding carboxylic acids is 2. The summed E-state index contributed by atoms with van der Waals surface area (Å²) in [6.07, 6.45) is 0. The highest BCUT2D eigenvalue weighted by Gasteiger charge is 2.34. The van der Waals surface area contributed by atoms with Crippen LogP contribution in [0.3, 0.4) is 0 Å². The SMILES string of the molecule is CC(C)CNC(=O)CN(C)C(=O)N1CCOCC1C(=O)O. The predicted molar refractivity (Wildman–Crippen MR) is 74.8 cm³/mol. The van der Waals surface area contributed by atoms with E-state index in [1.54, 1.807) is 0 Å². The number of carbonyl (C=O) groups is 3. The van der Waals surface area contributed by atoms with Gasteiger partial charge in [0.2, 0.25) is 5.91 Å². The van der Waals surface area contributed by atoms with E-state index in [4.69, 9.17) is 9.84 Å². The monoisotopic (exact) mass is 301 g/mol. The number of aliphatic carboxylic acids is 1. The molecule has 1 aliphatic rings. The van der Waals surface area contributed by atoms with Gasteiger partial charge in [0.15, 0.2) is 6.04 Å². The van der Waals surface area contributed by atoms with Gasteiger partial charge in [-0.05, 0) is 5.92 Å². The Bertz CT molecular complexity index is 399. The number of likely N-dealkylation sites (N-methyl/N-ethyl adjacent to an activating group) is 1. The number of morpholine rings is 1. The number of carboxylic acid groups (broad SMARTS) is 1. The highest BCUT2D eigenvalue weighted by molar-refractivity contribution is 5.86. The largest absolute Gasteiger partial charge is 0.480 e. The Morgan fingerprint density at radius 3 is 2.67 bits per heavy atom. The summed E-state index contributed by atoms with van der Waals surface area (Å²) in [6.45, 7) is 4.84. The number of rotatable bonds is 5. The maximum Gasteiger partial charge on any atom is 0.328 e. The average Bonchev–Trinajstić information content (AvgIpc) is 2.44. The van der Waals surface area contributed by atoms with E-state index in [0.29, 0.717) is 19.1 Å². The molecule has 1 unspecified atom stereocenters. The summed E-state index contributed by atoms with van der Waals surface area (Å²) < 4.78 is 5.08. The number of ether oxygens (including phenoxy) is 1. The molecule has 0 aliphatic carbocycles. The molecule has 0 radical (unpaired) electrons. The smallest absolute Gasteiger partial charge is 0.328 e. The first kappa shape index (κ1) is 17.2. The highest BCUT2D eigenvalue weighted by Crippen LogP contribution is 2.10. The van der Waals surface area contributed by atoms with Crippen molar-refractivity contribution in [3.63, 3.8) is 0 Å². The van der Waals surface area contributed by atoms with Gasteiger partial charge in [-0.25, -0.2) is 9.59 Å². The fourth-order valence-corrected chi connectivity index (χ4v) is 1.91. The van der Waals surface area contributed by atoms with Crippen LogP contribution in [0.4, 0.5) is 4.79 Å². The molecule has 0 bridgehead atoms. The van der Waals surface area contributed by atoms with Crippen LogP contribution in [0.1, 0.15) is 13.8 Å². The van der Waals surface area contributed by atoms with Crippen molar-refractivity contribution >= 4 is 17.9 Å². The van der Waals surface area contributed by atoms with Crippen LogP contribution in [0, 0.1) is 5.92 Å². The number of carboxylic acids is 1. The Kier molecular flexibility index (Phi) is 6.41. The summed E-state index contributed by atoms with van der Waals surface area (Å²) in [5, 5.41) is 11.8. The molecule has 3 amide bonds. The van der Waals surface area contributed by atoms with E-state index >= 15 is 0 Å². The predicted octanol–water partition coefficient (Wildman–Crippen LogP) is -0.404. The van der Waals surface area contributed by atoms with E-state index in [1.807, 2.05) is 13.8 Å². The number of nitrogens with zero attached hydrogens (tertiary/aromatic N) is 2. The Hall–Kier alpha value is -1.83. The summed E-state index contributed by atoms with van der Waals surface area (Å²) >= 11 is 0. The molecule has 1 aliphatic heterocycles. The van der Waals surface area contributed by atoms with Gasteiger partial charge >= 0.3 is 12.0 Å².